The van der Waals surface area contributed by atoms with E-state index < -0.39 is 0 Å². The molecule has 0 amide bonds. The van der Waals surface area contributed by atoms with Crippen molar-refractivity contribution in [1.29, 1.82) is 0 Å². The summed E-state index contributed by atoms with van der Waals surface area (Å²) in [5.74, 6) is 1.75. The summed E-state index contributed by atoms with van der Waals surface area (Å²) in [5.41, 5.74) is 4.97. The van der Waals surface area contributed by atoms with E-state index in [1.54, 1.807) is 0 Å². The summed E-state index contributed by atoms with van der Waals surface area (Å²) in [6.45, 7) is 5.04. The number of hydrogen-bond donors (Lipinski definition) is 0. The minimum atomic E-state index is 0.737. The van der Waals surface area contributed by atoms with Crippen molar-refractivity contribution in [2.24, 2.45) is 0 Å². The van der Waals surface area contributed by atoms with Crippen LogP contribution in [-0.4, -0.2) is 31.0 Å². The Morgan fingerprint density at radius 1 is 0.935 bits per heavy atom. The molecule has 31 heavy (non-hydrogen) atoms. The Hall–Kier alpha value is -3.09. The van der Waals surface area contributed by atoms with Crippen LogP contribution >= 0.6 is 11.3 Å². The molecule has 5 nitrogen and oxygen atoms in total. The molecule has 0 fully saturated rings. The van der Waals surface area contributed by atoms with Gasteiger partial charge in [0, 0.05) is 30.9 Å². The van der Waals surface area contributed by atoms with Crippen LogP contribution in [0.1, 0.15) is 33.2 Å². The van der Waals surface area contributed by atoms with Crippen molar-refractivity contribution >= 4 is 27.2 Å². The summed E-state index contributed by atoms with van der Waals surface area (Å²) in [5, 5.41) is 6.00. The third-order valence-electron chi connectivity index (χ3n) is 6.02. The standard InChI is InChI=1S/C25H23N5S/c1-17-26-25-23(24-27-22(28-30(17)24)14-18-8-4-2-5-9-18)20-12-13-29(16-21(20)31-25)15-19-10-6-3-7-11-19/h2-11H,12-16H2,1H3. The third-order valence-corrected chi connectivity index (χ3v) is 7.13. The zero-order valence-electron chi connectivity index (χ0n) is 17.5. The van der Waals surface area contributed by atoms with E-state index in [0.29, 0.717) is 0 Å². The first kappa shape index (κ1) is 18.7. The molecule has 4 heterocycles. The van der Waals surface area contributed by atoms with Crippen LogP contribution in [0.5, 0.6) is 0 Å². The lowest BCUT2D eigenvalue weighted by Gasteiger charge is -2.26. The minimum absolute atomic E-state index is 0.737. The van der Waals surface area contributed by atoms with Crippen LogP contribution in [0.25, 0.3) is 15.9 Å². The van der Waals surface area contributed by atoms with Crippen LogP contribution in [0, 0.1) is 6.92 Å². The van der Waals surface area contributed by atoms with Gasteiger partial charge in [0.05, 0.1) is 5.39 Å². The fraction of sp³-hybridized carbons (Fsp3) is 0.240. The molecule has 154 valence electrons. The van der Waals surface area contributed by atoms with Crippen molar-refractivity contribution < 1.29 is 0 Å². The fourth-order valence-electron chi connectivity index (χ4n) is 4.52. The SMILES string of the molecule is Cc1nc2sc3c(c2c2nc(Cc4ccccc4)nn12)CCN(Cc1ccccc1)C3. The van der Waals surface area contributed by atoms with Gasteiger partial charge in [0.1, 0.15) is 10.7 Å². The Morgan fingerprint density at radius 3 is 2.45 bits per heavy atom. The van der Waals surface area contributed by atoms with Crippen molar-refractivity contribution in [3.63, 3.8) is 0 Å². The van der Waals surface area contributed by atoms with Crippen LogP contribution in [0.3, 0.4) is 0 Å². The van der Waals surface area contributed by atoms with Gasteiger partial charge >= 0.3 is 0 Å². The van der Waals surface area contributed by atoms with Crippen LogP contribution in [0.4, 0.5) is 0 Å². The van der Waals surface area contributed by atoms with E-state index in [-0.39, 0.29) is 0 Å². The molecule has 3 aromatic heterocycles. The summed E-state index contributed by atoms with van der Waals surface area (Å²) in [7, 11) is 0. The third kappa shape index (κ3) is 3.42. The number of fused-ring (bicyclic) bond motifs is 5. The molecule has 0 unspecified atom stereocenters. The topological polar surface area (TPSA) is 46.3 Å². The molecule has 0 saturated carbocycles. The maximum Gasteiger partial charge on any atom is 0.168 e. The van der Waals surface area contributed by atoms with E-state index in [4.69, 9.17) is 15.1 Å². The highest BCUT2D eigenvalue weighted by Crippen LogP contribution is 2.36. The van der Waals surface area contributed by atoms with Gasteiger partial charge in [0.2, 0.25) is 0 Å². The fourth-order valence-corrected chi connectivity index (χ4v) is 5.82. The molecule has 6 heteroatoms. The highest BCUT2D eigenvalue weighted by molar-refractivity contribution is 7.19. The van der Waals surface area contributed by atoms with E-state index in [0.717, 1.165) is 54.6 Å². The van der Waals surface area contributed by atoms with E-state index in [2.05, 4.69) is 59.5 Å². The van der Waals surface area contributed by atoms with Crippen LogP contribution < -0.4 is 0 Å². The lowest BCUT2D eigenvalue weighted by molar-refractivity contribution is 0.249. The second kappa shape index (κ2) is 7.55. The Balaban J connectivity index is 1.37. The van der Waals surface area contributed by atoms with Crippen LogP contribution in [0.2, 0.25) is 0 Å². The van der Waals surface area contributed by atoms with Gasteiger partial charge in [-0.3, -0.25) is 4.90 Å². The summed E-state index contributed by atoms with van der Waals surface area (Å²) >= 11 is 1.82. The molecule has 0 N–H and O–H groups in total. The summed E-state index contributed by atoms with van der Waals surface area (Å²) in [6, 6.07) is 21.1. The molecule has 6 rings (SSSR count). The van der Waals surface area contributed by atoms with E-state index >= 15 is 0 Å². The molecule has 0 bridgehead atoms. The Kier molecular flexibility index (Phi) is 4.55. The van der Waals surface area contributed by atoms with E-state index in [1.807, 2.05) is 28.8 Å². The highest BCUT2D eigenvalue weighted by atomic mass is 32.1. The maximum absolute atomic E-state index is 4.97. The van der Waals surface area contributed by atoms with Crippen molar-refractivity contribution in [3.05, 3.63) is 93.9 Å². The normalized spacial score (nSPS) is 14.4. The lowest BCUT2D eigenvalue weighted by Crippen LogP contribution is -2.29. The van der Waals surface area contributed by atoms with Gasteiger partial charge in [-0.25, -0.2) is 9.97 Å². The second-order valence-electron chi connectivity index (χ2n) is 8.22. The smallest absolute Gasteiger partial charge is 0.168 e. The molecule has 1 aliphatic rings. The van der Waals surface area contributed by atoms with Gasteiger partial charge in [-0.1, -0.05) is 60.7 Å². The van der Waals surface area contributed by atoms with Gasteiger partial charge < -0.3 is 0 Å². The molecule has 0 saturated heterocycles. The number of thiophene rings is 1. The summed E-state index contributed by atoms with van der Waals surface area (Å²) in [6.07, 6.45) is 1.77. The first-order chi connectivity index (χ1) is 15.2. The van der Waals surface area contributed by atoms with Crippen molar-refractivity contribution in [3.8, 4) is 0 Å². The molecule has 0 atom stereocenters. The average molecular weight is 426 g/mol. The molecule has 0 aliphatic carbocycles. The predicted molar refractivity (Wildman–Crippen MR) is 124 cm³/mol. The van der Waals surface area contributed by atoms with Gasteiger partial charge in [-0.05, 0) is 30.0 Å². The predicted octanol–water partition coefficient (Wildman–Crippen LogP) is 4.80. The monoisotopic (exact) mass is 425 g/mol. The molecule has 5 aromatic rings. The molecule has 0 radical (unpaired) electrons. The average Bonchev–Trinajstić information content (AvgIpc) is 3.36. The van der Waals surface area contributed by atoms with Crippen LogP contribution in [0.15, 0.2) is 60.7 Å². The number of aromatic nitrogens is 4. The molecule has 0 spiro atoms. The van der Waals surface area contributed by atoms with Gasteiger partial charge in [-0.15, -0.1) is 16.4 Å². The second-order valence-corrected chi connectivity index (χ2v) is 9.30. The Morgan fingerprint density at radius 2 is 1.68 bits per heavy atom. The number of aryl methyl sites for hydroxylation is 1. The van der Waals surface area contributed by atoms with Gasteiger partial charge in [-0.2, -0.15) is 4.52 Å². The quantitative estimate of drug-likeness (QED) is 0.415. The van der Waals surface area contributed by atoms with E-state index in [9.17, 15) is 0 Å². The number of benzene rings is 2. The van der Waals surface area contributed by atoms with Crippen molar-refractivity contribution in [1.82, 2.24) is 24.5 Å². The highest BCUT2D eigenvalue weighted by Gasteiger charge is 2.25. The Bertz CT molecular complexity index is 1370. The van der Waals surface area contributed by atoms with Crippen molar-refractivity contribution in [2.75, 3.05) is 6.54 Å². The first-order valence-electron chi connectivity index (χ1n) is 10.7. The zero-order valence-corrected chi connectivity index (χ0v) is 18.3. The van der Waals surface area contributed by atoms with Crippen molar-refractivity contribution in [2.45, 2.75) is 32.9 Å². The summed E-state index contributed by atoms with van der Waals surface area (Å²) in [4.78, 5) is 14.9. The Labute approximate surface area is 185 Å². The van der Waals surface area contributed by atoms with E-state index in [1.165, 1.54) is 27.0 Å². The minimum Gasteiger partial charge on any atom is -0.294 e. The number of nitrogens with zero attached hydrogens (tertiary/aromatic N) is 5. The number of rotatable bonds is 4. The largest absolute Gasteiger partial charge is 0.294 e. The lowest BCUT2D eigenvalue weighted by atomic mass is 10.0. The molecule has 2 aromatic carbocycles. The molecular formula is C25H23N5S. The molecular weight excluding hydrogens is 402 g/mol. The molecule has 1 aliphatic heterocycles. The van der Waals surface area contributed by atoms with Gasteiger partial charge in [0.25, 0.3) is 0 Å². The first-order valence-corrected chi connectivity index (χ1v) is 11.5. The summed E-state index contributed by atoms with van der Waals surface area (Å²) < 4.78 is 1.93. The maximum atomic E-state index is 4.97. The number of hydrogen-bond acceptors (Lipinski definition) is 5. The zero-order chi connectivity index (χ0) is 20.8. The van der Waals surface area contributed by atoms with Gasteiger partial charge in [0.15, 0.2) is 11.5 Å². The van der Waals surface area contributed by atoms with Crippen LogP contribution in [-0.2, 0) is 25.9 Å².